The number of hydrogen-bond donors (Lipinski definition) is 2. The molecule has 0 saturated carbocycles. The zero-order valence-electron chi connectivity index (χ0n) is 13.9. The molecule has 2 aromatic heterocycles. The fraction of sp³-hybridized carbons (Fsp3) is 0.278. The molecule has 2 N–H and O–H groups in total. The number of hydrogen-bond acceptors (Lipinski definition) is 5. The van der Waals surface area contributed by atoms with E-state index in [0.29, 0.717) is 18.0 Å². The second-order valence-electron chi connectivity index (χ2n) is 6.21. The zero-order chi connectivity index (χ0) is 17.2. The Hall–Kier alpha value is -2.93. The van der Waals surface area contributed by atoms with Crippen molar-refractivity contribution in [1.29, 1.82) is 0 Å². The third-order valence-electron chi connectivity index (χ3n) is 4.38. The highest BCUT2D eigenvalue weighted by Gasteiger charge is 2.20. The van der Waals surface area contributed by atoms with Crippen molar-refractivity contribution in [2.24, 2.45) is 7.05 Å². The van der Waals surface area contributed by atoms with E-state index in [2.05, 4.69) is 33.0 Å². The Morgan fingerprint density at radius 2 is 2.20 bits per heavy atom. The van der Waals surface area contributed by atoms with Crippen LogP contribution in [0.3, 0.4) is 0 Å². The average molecular weight is 337 g/mol. The van der Waals surface area contributed by atoms with Gasteiger partial charge in [-0.2, -0.15) is 5.10 Å². The van der Waals surface area contributed by atoms with Crippen molar-refractivity contribution in [3.8, 4) is 11.5 Å². The number of fused-ring (bicyclic) bond motifs is 1. The van der Waals surface area contributed by atoms with Gasteiger partial charge in [0.15, 0.2) is 11.5 Å². The fourth-order valence-electron chi connectivity index (χ4n) is 3.02. The largest absolute Gasteiger partial charge is 0.354 e. The normalized spacial score (nSPS) is 16.4. The topological polar surface area (TPSA) is 85.0 Å². The molecule has 0 bridgehead atoms. The molecule has 128 valence electrons. The van der Waals surface area contributed by atoms with Crippen LogP contribution in [0, 0.1) is 0 Å². The average Bonchev–Trinajstić information content (AvgIpc) is 3.28. The summed E-state index contributed by atoms with van der Waals surface area (Å²) in [6.07, 6.45) is 2.71. The molecule has 0 saturated heterocycles. The Kier molecular flexibility index (Phi) is 4.07. The summed E-state index contributed by atoms with van der Waals surface area (Å²) in [5, 5.41) is 14.4. The zero-order valence-corrected chi connectivity index (χ0v) is 13.9. The van der Waals surface area contributed by atoms with Crippen LogP contribution in [0.4, 0.5) is 0 Å². The van der Waals surface area contributed by atoms with Crippen LogP contribution in [0.5, 0.6) is 0 Å². The lowest BCUT2D eigenvalue weighted by atomic mass is 9.96. The van der Waals surface area contributed by atoms with E-state index in [1.54, 1.807) is 10.7 Å². The van der Waals surface area contributed by atoms with Gasteiger partial charge in [-0.05, 0) is 23.6 Å². The van der Waals surface area contributed by atoms with Gasteiger partial charge in [0.05, 0.1) is 0 Å². The minimum atomic E-state index is -0.244. The van der Waals surface area contributed by atoms with Crippen molar-refractivity contribution in [2.75, 3.05) is 6.54 Å². The SMILES string of the molecule is Cn1ccc(-c2cc(C(=O)NC[C@H]3Cc4ccccc4CN3)no2)n1. The van der Waals surface area contributed by atoms with Crippen molar-refractivity contribution in [3.05, 3.63) is 59.4 Å². The molecule has 1 aliphatic rings. The molecule has 1 atom stereocenters. The van der Waals surface area contributed by atoms with E-state index in [4.69, 9.17) is 4.52 Å². The van der Waals surface area contributed by atoms with Crippen molar-refractivity contribution < 1.29 is 9.32 Å². The number of amides is 1. The number of nitrogens with zero attached hydrogens (tertiary/aromatic N) is 3. The summed E-state index contributed by atoms with van der Waals surface area (Å²) in [5.41, 5.74) is 3.57. The Labute approximate surface area is 145 Å². The van der Waals surface area contributed by atoms with Crippen LogP contribution in [0.1, 0.15) is 21.6 Å². The molecule has 3 heterocycles. The van der Waals surface area contributed by atoms with E-state index < -0.39 is 0 Å². The lowest BCUT2D eigenvalue weighted by Gasteiger charge is -2.26. The number of aryl methyl sites for hydroxylation is 1. The second kappa shape index (κ2) is 6.52. The van der Waals surface area contributed by atoms with E-state index in [1.165, 1.54) is 11.1 Å². The van der Waals surface area contributed by atoms with Crippen molar-refractivity contribution in [3.63, 3.8) is 0 Å². The number of nitrogens with one attached hydrogen (secondary N) is 2. The van der Waals surface area contributed by atoms with Crippen molar-refractivity contribution >= 4 is 5.91 Å². The maximum absolute atomic E-state index is 12.3. The van der Waals surface area contributed by atoms with Gasteiger partial charge in [0.2, 0.25) is 0 Å². The minimum Gasteiger partial charge on any atom is -0.354 e. The molecule has 0 fully saturated rings. The van der Waals surface area contributed by atoms with Crippen LogP contribution in [-0.4, -0.2) is 33.4 Å². The molecule has 1 amide bonds. The van der Waals surface area contributed by atoms with E-state index in [0.717, 1.165) is 13.0 Å². The summed E-state index contributed by atoms with van der Waals surface area (Å²) in [6, 6.07) is 12.0. The Morgan fingerprint density at radius 3 is 3.00 bits per heavy atom. The molecule has 7 nitrogen and oxygen atoms in total. The first kappa shape index (κ1) is 15.6. The van der Waals surface area contributed by atoms with Crippen molar-refractivity contribution in [1.82, 2.24) is 25.6 Å². The third-order valence-corrected chi connectivity index (χ3v) is 4.38. The standard InChI is InChI=1S/C18H19N5O2/c1-23-7-6-15(21-23)17-9-16(22-25-17)18(24)20-11-14-8-12-4-2-3-5-13(12)10-19-14/h2-7,9,14,19H,8,10-11H2,1H3,(H,20,24)/t14-/m1/s1. The quantitative estimate of drug-likeness (QED) is 0.754. The first-order chi connectivity index (χ1) is 12.2. The lowest BCUT2D eigenvalue weighted by Crippen LogP contribution is -2.44. The molecule has 4 rings (SSSR count). The van der Waals surface area contributed by atoms with E-state index in [-0.39, 0.29) is 17.6 Å². The summed E-state index contributed by atoms with van der Waals surface area (Å²) >= 11 is 0. The summed E-state index contributed by atoms with van der Waals surface area (Å²) < 4.78 is 6.89. The van der Waals surface area contributed by atoms with Crippen LogP contribution in [0.25, 0.3) is 11.5 Å². The fourth-order valence-corrected chi connectivity index (χ4v) is 3.02. The number of aromatic nitrogens is 3. The van der Waals surface area contributed by atoms with Gasteiger partial charge < -0.3 is 15.2 Å². The predicted octanol–water partition coefficient (Wildman–Crippen LogP) is 1.52. The van der Waals surface area contributed by atoms with E-state index in [1.807, 2.05) is 31.4 Å². The van der Waals surface area contributed by atoms with Crippen molar-refractivity contribution in [2.45, 2.75) is 19.0 Å². The Morgan fingerprint density at radius 1 is 1.36 bits per heavy atom. The first-order valence-electron chi connectivity index (χ1n) is 8.24. The number of carbonyl (C=O) groups excluding carboxylic acids is 1. The summed E-state index contributed by atoms with van der Waals surface area (Å²) in [7, 11) is 1.82. The van der Waals surface area contributed by atoms with Crippen LogP contribution >= 0.6 is 0 Å². The maximum Gasteiger partial charge on any atom is 0.273 e. The van der Waals surface area contributed by atoms with Gasteiger partial charge in [-0.15, -0.1) is 0 Å². The molecule has 25 heavy (non-hydrogen) atoms. The van der Waals surface area contributed by atoms with E-state index >= 15 is 0 Å². The van der Waals surface area contributed by atoms with Gasteiger partial charge in [-0.25, -0.2) is 0 Å². The maximum atomic E-state index is 12.3. The summed E-state index contributed by atoms with van der Waals surface area (Å²) in [5.74, 6) is 0.238. The van der Waals surface area contributed by atoms with Gasteiger partial charge >= 0.3 is 0 Å². The molecular weight excluding hydrogens is 318 g/mol. The lowest BCUT2D eigenvalue weighted by molar-refractivity contribution is 0.0940. The molecule has 1 aliphatic heterocycles. The summed E-state index contributed by atoms with van der Waals surface area (Å²) in [4.78, 5) is 12.3. The first-order valence-corrected chi connectivity index (χ1v) is 8.24. The highest BCUT2D eigenvalue weighted by Crippen LogP contribution is 2.18. The highest BCUT2D eigenvalue weighted by atomic mass is 16.5. The molecule has 1 aromatic carbocycles. The monoisotopic (exact) mass is 337 g/mol. The third kappa shape index (κ3) is 3.32. The van der Waals surface area contributed by atoms with Gasteiger partial charge in [0.25, 0.3) is 5.91 Å². The number of rotatable bonds is 4. The molecule has 0 unspecified atom stereocenters. The van der Waals surface area contributed by atoms with E-state index in [9.17, 15) is 4.79 Å². The molecule has 0 spiro atoms. The summed E-state index contributed by atoms with van der Waals surface area (Å²) in [6.45, 7) is 1.36. The molecule has 0 aliphatic carbocycles. The van der Waals surface area contributed by atoms with Gasteiger partial charge in [0, 0.05) is 38.4 Å². The predicted molar refractivity (Wildman–Crippen MR) is 91.8 cm³/mol. The second-order valence-corrected chi connectivity index (χ2v) is 6.21. The van der Waals surface area contributed by atoms with Gasteiger partial charge in [0.1, 0.15) is 5.69 Å². The molecule has 0 radical (unpaired) electrons. The smallest absolute Gasteiger partial charge is 0.273 e. The Balaban J connectivity index is 1.36. The number of benzene rings is 1. The van der Waals surface area contributed by atoms with Crippen LogP contribution in [0.2, 0.25) is 0 Å². The molecular formula is C18H19N5O2. The highest BCUT2D eigenvalue weighted by molar-refractivity contribution is 5.92. The van der Waals surface area contributed by atoms with Crippen LogP contribution < -0.4 is 10.6 Å². The van der Waals surface area contributed by atoms with Gasteiger partial charge in [-0.1, -0.05) is 29.4 Å². The van der Waals surface area contributed by atoms with Crippen LogP contribution in [-0.2, 0) is 20.0 Å². The minimum absolute atomic E-state index is 0.209. The molecule has 3 aromatic rings. The Bertz CT molecular complexity index is 898. The van der Waals surface area contributed by atoms with Gasteiger partial charge in [-0.3, -0.25) is 9.48 Å². The molecule has 7 heteroatoms. The number of carbonyl (C=O) groups is 1. The van der Waals surface area contributed by atoms with Crippen LogP contribution in [0.15, 0.2) is 47.1 Å².